The van der Waals surface area contributed by atoms with Gasteiger partial charge in [0.05, 0.1) is 36.7 Å². The number of aliphatic hydroxyl groups is 1. The summed E-state index contributed by atoms with van der Waals surface area (Å²) in [5.41, 5.74) is 1.01. The van der Waals surface area contributed by atoms with Crippen molar-refractivity contribution in [3.8, 4) is 5.75 Å². The van der Waals surface area contributed by atoms with Gasteiger partial charge in [-0.1, -0.05) is 49.4 Å². The molecule has 6 rings (SSSR count). The van der Waals surface area contributed by atoms with Crippen LogP contribution in [0.25, 0.3) is 0 Å². The van der Waals surface area contributed by atoms with Gasteiger partial charge in [0.1, 0.15) is 17.4 Å². The van der Waals surface area contributed by atoms with Gasteiger partial charge in [0.15, 0.2) is 0 Å². The van der Waals surface area contributed by atoms with Crippen LogP contribution in [0.1, 0.15) is 52.5 Å². The molecule has 3 aliphatic heterocycles. The third kappa shape index (κ3) is 7.06. The first-order valence-corrected chi connectivity index (χ1v) is 19.8. The Kier molecular flexibility index (Phi) is 12.2. The van der Waals surface area contributed by atoms with E-state index in [4.69, 9.17) is 9.47 Å². The van der Waals surface area contributed by atoms with E-state index in [9.17, 15) is 5.11 Å². The number of fused-ring (bicyclic) bond motifs is 1. The second kappa shape index (κ2) is 16.8. The maximum absolute atomic E-state index is 15.4. The van der Waals surface area contributed by atoms with Crippen LogP contribution < -0.4 is 19.4 Å². The van der Waals surface area contributed by atoms with Crippen LogP contribution in [0, 0.1) is 11.8 Å². The summed E-state index contributed by atoms with van der Waals surface area (Å²) in [4.78, 5) is 53.0. The summed E-state index contributed by atoms with van der Waals surface area (Å²) in [6.07, 6.45) is 5.09. The Morgan fingerprint density at radius 2 is 1.45 bits per heavy atom. The summed E-state index contributed by atoms with van der Waals surface area (Å²) < 4.78 is 12.8. The van der Waals surface area contributed by atoms with Gasteiger partial charge < -0.3 is 34.2 Å². The summed E-state index contributed by atoms with van der Waals surface area (Å²) >= 11 is 0. The predicted octanol–water partition coefficient (Wildman–Crippen LogP) is 6.43. The lowest BCUT2D eigenvalue weighted by atomic mass is 9.64. The molecule has 1 spiro atoms. The van der Waals surface area contributed by atoms with Crippen LogP contribution >= 0.6 is 0 Å². The number of ether oxygens (including phenoxy) is 2. The number of anilines is 3. The van der Waals surface area contributed by atoms with E-state index in [1.807, 2.05) is 92.7 Å². The van der Waals surface area contributed by atoms with E-state index < -0.39 is 35.1 Å². The van der Waals surface area contributed by atoms with Crippen LogP contribution in [0.4, 0.5) is 17.1 Å². The highest BCUT2D eigenvalue weighted by Gasteiger charge is 2.79. The Hall–Kier alpha value is -4.93. The van der Waals surface area contributed by atoms with Gasteiger partial charge in [-0.15, -0.1) is 13.2 Å². The molecule has 3 aromatic rings. The number of aliphatic hydroxyl groups excluding tert-OH is 1. The predicted molar refractivity (Wildman–Crippen MR) is 217 cm³/mol. The van der Waals surface area contributed by atoms with Gasteiger partial charge in [-0.2, -0.15) is 0 Å². The third-order valence-electron chi connectivity index (χ3n) is 11.9. The Bertz CT molecular complexity index is 1830. The smallest absolute Gasteiger partial charge is 0.253 e. The fourth-order valence-corrected chi connectivity index (χ4v) is 9.38. The molecular weight excluding hydrogens is 693 g/mol. The van der Waals surface area contributed by atoms with Crippen molar-refractivity contribution in [2.24, 2.45) is 11.8 Å². The fraction of sp³-hybridized carbons (Fsp3) is 0.444. The molecular formula is C45H56N4O6. The molecule has 2 unspecified atom stereocenters. The number of benzene rings is 3. The maximum Gasteiger partial charge on any atom is 0.253 e. The quantitative estimate of drug-likeness (QED) is 0.150. The highest BCUT2D eigenvalue weighted by atomic mass is 16.5. The molecule has 0 aliphatic carbocycles. The molecule has 6 atom stereocenters. The maximum atomic E-state index is 15.4. The molecule has 3 aliphatic rings. The third-order valence-corrected chi connectivity index (χ3v) is 11.9. The van der Waals surface area contributed by atoms with Crippen LogP contribution in [-0.2, 0) is 25.5 Å². The van der Waals surface area contributed by atoms with Crippen LogP contribution in [0.3, 0.4) is 0 Å². The minimum Gasteiger partial charge on any atom is -0.494 e. The molecule has 3 heterocycles. The van der Waals surface area contributed by atoms with Gasteiger partial charge in [0, 0.05) is 43.2 Å². The molecule has 0 saturated carbocycles. The highest BCUT2D eigenvalue weighted by Crippen LogP contribution is 2.65. The van der Waals surface area contributed by atoms with Crippen molar-refractivity contribution in [1.29, 1.82) is 0 Å². The Morgan fingerprint density at radius 1 is 0.873 bits per heavy atom. The van der Waals surface area contributed by atoms with Crippen molar-refractivity contribution in [3.63, 3.8) is 0 Å². The Morgan fingerprint density at radius 3 is 2.00 bits per heavy atom. The normalized spacial score (nSPS) is 24.3. The van der Waals surface area contributed by atoms with E-state index in [1.54, 1.807) is 26.9 Å². The van der Waals surface area contributed by atoms with Crippen LogP contribution in [-0.4, -0.2) is 90.4 Å². The van der Waals surface area contributed by atoms with E-state index in [0.717, 1.165) is 24.3 Å². The average Bonchev–Trinajstić information content (AvgIpc) is 3.82. The number of hydrogen-bond donors (Lipinski definition) is 1. The zero-order valence-corrected chi connectivity index (χ0v) is 32.7. The number of hydrogen-bond acceptors (Lipinski definition) is 7. The summed E-state index contributed by atoms with van der Waals surface area (Å²) in [6.45, 7) is 18.3. The van der Waals surface area contributed by atoms with Crippen LogP contribution in [0.15, 0.2) is 104 Å². The van der Waals surface area contributed by atoms with E-state index in [1.165, 1.54) is 0 Å². The van der Waals surface area contributed by atoms with E-state index >= 15 is 14.4 Å². The summed E-state index contributed by atoms with van der Waals surface area (Å²) in [7, 11) is 0. The number of rotatable bonds is 18. The Balaban J connectivity index is 1.46. The lowest BCUT2D eigenvalue weighted by Crippen LogP contribution is -2.59. The molecule has 292 valence electrons. The Labute approximate surface area is 326 Å². The van der Waals surface area contributed by atoms with Gasteiger partial charge in [-0.25, -0.2) is 0 Å². The van der Waals surface area contributed by atoms with Crippen LogP contribution in [0.5, 0.6) is 5.75 Å². The molecule has 0 radical (unpaired) electrons. The van der Waals surface area contributed by atoms with Crippen molar-refractivity contribution in [2.75, 3.05) is 54.1 Å². The van der Waals surface area contributed by atoms with Gasteiger partial charge >= 0.3 is 0 Å². The lowest BCUT2D eigenvalue weighted by Gasteiger charge is -2.39. The molecule has 10 heteroatoms. The first-order valence-electron chi connectivity index (χ1n) is 19.8. The molecule has 55 heavy (non-hydrogen) atoms. The summed E-state index contributed by atoms with van der Waals surface area (Å²) in [5, 5.41) is 11.0. The first kappa shape index (κ1) is 39.8. The number of carbonyl (C=O) groups excluding carboxylic acids is 3. The monoisotopic (exact) mass is 748 g/mol. The number of carbonyl (C=O) groups is 3. The number of likely N-dealkylation sites (tertiary alicyclic amines) is 1. The van der Waals surface area contributed by atoms with Gasteiger partial charge in [-0.05, 0) is 101 Å². The zero-order valence-electron chi connectivity index (χ0n) is 32.7. The standard InChI is InChI=1S/C45H56N4O6/c1-7-28-47(35-22-24-37(25-23-35)54-12-6)41(51)38-39-42(52)49(36(31-50)30-32-16-14-13-15-17-32)40(45(39)27-26-44(38,9-3)55-45)43(53)48(29-8-2)34-20-18-33(19-21-34)46(10-4)11-5/h7-8,13-25,36,38-40,50H,1-2,9-12,26-31H2,3-6H3/t36-,38-,39+,40?,44+,45?/m1/s1. The van der Waals surface area contributed by atoms with Crippen molar-refractivity contribution < 1.29 is 29.0 Å². The second-order valence-corrected chi connectivity index (χ2v) is 14.7. The molecule has 2 bridgehead atoms. The molecule has 3 fully saturated rings. The molecule has 3 saturated heterocycles. The van der Waals surface area contributed by atoms with Crippen molar-refractivity contribution >= 4 is 34.8 Å². The minimum absolute atomic E-state index is 0.192. The SMILES string of the molecule is C=CCN(C(=O)C1N([C@@H](CO)Cc2ccccc2)C(=O)[C@@H]2[C@H](C(=O)N(CC=C)c3ccc(OCC)cc3)[C@]3(CC)CCC12O3)c1ccc(N(CC)CC)cc1. The molecule has 1 N–H and O–H groups in total. The molecule has 3 amide bonds. The number of amides is 3. The summed E-state index contributed by atoms with van der Waals surface area (Å²) in [6, 6.07) is 23.0. The lowest BCUT2D eigenvalue weighted by molar-refractivity contribution is -0.149. The minimum atomic E-state index is -1.30. The van der Waals surface area contributed by atoms with Gasteiger partial charge in [0.2, 0.25) is 11.8 Å². The van der Waals surface area contributed by atoms with Crippen LogP contribution in [0.2, 0.25) is 0 Å². The second-order valence-electron chi connectivity index (χ2n) is 14.7. The summed E-state index contributed by atoms with van der Waals surface area (Å²) in [5.74, 6) is -2.05. The van der Waals surface area contributed by atoms with E-state index in [0.29, 0.717) is 49.4 Å². The highest BCUT2D eigenvalue weighted by molar-refractivity contribution is 6.07. The average molecular weight is 749 g/mol. The van der Waals surface area contributed by atoms with Crippen molar-refractivity contribution in [3.05, 3.63) is 110 Å². The largest absolute Gasteiger partial charge is 0.494 e. The van der Waals surface area contributed by atoms with E-state index in [2.05, 4.69) is 31.9 Å². The fourth-order valence-electron chi connectivity index (χ4n) is 9.38. The zero-order chi connectivity index (χ0) is 39.3. The topological polar surface area (TPSA) is 103 Å². The first-order chi connectivity index (χ1) is 26.7. The van der Waals surface area contributed by atoms with Gasteiger partial charge in [0.25, 0.3) is 5.91 Å². The number of nitrogens with zero attached hydrogens (tertiary/aromatic N) is 4. The van der Waals surface area contributed by atoms with Crippen molar-refractivity contribution in [2.45, 2.75) is 76.7 Å². The van der Waals surface area contributed by atoms with E-state index in [-0.39, 0.29) is 37.4 Å². The van der Waals surface area contributed by atoms with Gasteiger partial charge in [-0.3, -0.25) is 14.4 Å². The molecule has 0 aromatic heterocycles. The molecule has 10 nitrogen and oxygen atoms in total. The molecule has 3 aromatic carbocycles. The van der Waals surface area contributed by atoms with Crippen molar-refractivity contribution in [1.82, 2.24) is 4.90 Å².